The number of halogens is 2. The second-order valence-corrected chi connectivity index (χ2v) is 6.26. The summed E-state index contributed by atoms with van der Waals surface area (Å²) >= 11 is 12.0. The van der Waals surface area contributed by atoms with Crippen LogP contribution in [0.5, 0.6) is 0 Å². The summed E-state index contributed by atoms with van der Waals surface area (Å²) in [6, 6.07) is 4.04. The molecule has 0 aliphatic carbocycles. The molecule has 0 radical (unpaired) electrons. The van der Waals surface area contributed by atoms with Crippen LogP contribution in [0.3, 0.4) is 0 Å². The molecule has 1 aliphatic rings. The number of nitrogens with one attached hydrogen (secondary N) is 2. The van der Waals surface area contributed by atoms with Crippen molar-refractivity contribution in [3.63, 3.8) is 0 Å². The fourth-order valence-corrected chi connectivity index (χ4v) is 2.98. The van der Waals surface area contributed by atoms with E-state index in [1.807, 2.05) is 6.92 Å². The Bertz CT molecular complexity index is 665. The normalized spacial score (nSPS) is 20.6. The van der Waals surface area contributed by atoms with Crippen molar-refractivity contribution in [1.29, 1.82) is 0 Å². The predicted molar refractivity (Wildman–Crippen MR) is 87.4 cm³/mol. The average Bonchev–Trinajstić information content (AvgIpc) is 2.69. The molecule has 1 aromatic rings. The maximum absolute atomic E-state index is 12.7. The van der Waals surface area contributed by atoms with Crippen LogP contribution >= 0.6 is 23.2 Å². The van der Waals surface area contributed by atoms with Gasteiger partial charge in [-0.1, -0.05) is 36.2 Å². The van der Waals surface area contributed by atoms with E-state index in [0.29, 0.717) is 17.1 Å². The van der Waals surface area contributed by atoms with Gasteiger partial charge in [0.1, 0.15) is 12.1 Å². The van der Waals surface area contributed by atoms with Crippen LogP contribution in [0.25, 0.3) is 0 Å². The van der Waals surface area contributed by atoms with E-state index in [0.717, 1.165) is 11.3 Å². The first-order valence-electron chi connectivity index (χ1n) is 7.16. The minimum atomic E-state index is -1.33. The van der Waals surface area contributed by atoms with Gasteiger partial charge in [-0.15, -0.1) is 0 Å². The zero-order chi connectivity index (χ0) is 17.2. The third-order valence-electron chi connectivity index (χ3n) is 3.62. The number of amides is 4. The number of hydrogen-bond donors (Lipinski definition) is 2. The van der Waals surface area contributed by atoms with Crippen molar-refractivity contribution in [3.8, 4) is 0 Å². The molecule has 1 fully saturated rings. The van der Waals surface area contributed by atoms with E-state index < -0.39 is 17.5 Å². The van der Waals surface area contributed by atoms with Crippen LogP contribution in [0.1, 0.15) is 25.8 Å². The molecule has 8 heteroatoms. The van der Waals surface area contributed by atoms with Gasteiger partial charge in [0.25, 0.3) is 5.91 Å². The van der Waals surface area contributed by atoms with Crippen LogP contribution in [-0.2, 0) is 15.1 Å². The van der Waals surface area contributed by atoms with Gasteiger partial charge in [0.2, 0.25) is 5.91 Å². The predicted octanol–water partition coefficient (Wildman–Crippen LogP) is 2.29. The standard InChI is InChI=1S/C15H17Cl2N3O3/c1-3-6-18-12(21)8-20-13(22)15(2,19-14(20)23)10-5-4-9(16)7-11(10)17/h4-5,7H,3,6,8H2,1-2H3,(H,18,21)(H,19,23)/t15-/m1/s1. The number of nitrogens with zero attached hydrogens (tertiary/aromatic N) is 1. The van der Waals surface area contributed by atoms with E-state index in [2.05, 4.69) is 10.6 Å². The van der Waals surface area contributed by atoms with Gasteiger partial charge < -0.3 is 10.6 Å². The number of carbonyl (C=O) groups is 3. The maximum Gasteiger partial charge on any atom is 0.325 e. The molecule has 0 bridgehead atoms. The molecular formula is C15H17Cl2N3O3. The van der Waals surface area contributed by atoms with Crippen LogP contribution < -0.4 is 10.6 Å². The molecule has 124 valence electrons. The van der Waals surface area contributed by atoms with Gasteiger partial charge in [-0.25, -0.2) is 4.79 Å². The van der Waals surface area contributed by atoms with Gasteiger partial charge in [0.05, 0.1) is 0 Å². The summed E-state index contributed by atoms with van der Waals surface area (Å²) in [5.74, 6) is -0.917. The Morgan fingerprint density at radius 1 is 1.35 bits per heavy atom. The van der Waals surface area contributed by atoms with E-state index in [-0.39, 0.29) is 17.5 Å². The number of benzene rings is 1. The SMILES string of the molecule is CCCNC(=O)CN1C(=O)N[C@](C)(c2ccc(Cl)cc2Cl)C1=O. The Kier molecular flexibility index (Phi) is 5.16. The maximum atomic E-state index is 12.7. The third-order valence-corrected chi connectivity index (χ3v) is 4.17. The Hall–Kier alpha value is -1.79. The van der Waals surface area contributed by atoms with Crippen LogP contribution in [0, 0.1) is 0 Å². The molecule has 1 aromatic carbocycles. The zero-order valence-corrected chi connectivity index (χ0v) is 14.3. The molecule has 0 saturated carbocycles. The van der Waals surface area contributed by atoms with Crippen molar-refractivity contribution >= 4 is 41.0 Å². The van der Waals surface area contributed by atoms with Crippen molar-refractivity contribution in [3.05, 3.63) is 33.8 Å². The first-order chi connectivity index (χ1) is 10.8. The minimum absolute atomic E-state index is 0.269. The average molecular weight is 358 g/mol. The van der Waals surface area contributed by atoms with Crippen LogP contribution in [0.4, 0.5) is 4.79 Å². The van der Waals surface area contributed by atoms with Gasteiger partial charge >= 0.3 is 6.03 Å². The summed E-state index contributed by atoms with van der Waals surface area (Å²) in [4.78, 5) is 37.4. The molecule has 2 N–H and O–H groups in total. The number of hydrogen-bond acceptors (Lipinski definition) is 3. The number of imide groups is 1. The Labute approximate surface area is 144 Å². The molecule has 1 heterocycles. The highest BCUT2D eigenvalue weighted by molar-refractivity contribution is 6.35. The summed E-state index contributed by atoms with van der Waals surface area (Å²) in [5.41, 5.74) is -0.901. The van der Waals surface area contributed by atoms with Crippen molar-refractivity contribution in [2.75, 3.05) is 13.1 Å². The molecule has 2 rings (SSSR count). The van der Waals surface area contributed by atoms with E-state index >= 15 is 0 Å². The lowest BCUT2D eigenvalue weighted by molar-refractivity contribution is -0.134. The minimum Gasteiger partial charge on any atom is -0.355 e. The second kappa shape index (κ2) is 6.76. The fraction of sp³-hybridized carbons (Fsp3) is 0.400. The van der Waals surface area contributed by atoms with Crippen molar-refractivity contribution in [2.24, 2.45) is 0 Å². The summed E-state index contributed by atoms with van der Waals surface area (Å²) in [7, 11) is 0. The van der Waals surface area contributed by atoms with Gasteiger partial charge in [0.15, 0.2) is 0 Å². The fourth-order valence-electron chi connectivity index (χ4n) is 2.38. The van der Waals surface area contributed by atoms with Gasteiger partial charge in [-0.05, 0) is 25.5 Å². The molecule has 23 heavy (non-hydrogen) atoms. The lowest BCUT2D eigenvalue weighted by atomic mass is 9.92. The summed E-state index contributed by atoms with van der Waals surface area (Å²) < 4.78 is 0. The number of carbonyl (C=O) groups excluding carboxylic acids is 3. The molecule has 1 aliphatic heterocycles. The first-order valence-corrected chi connectivity index (χ1v) is 7.91. The Morgan fingerprint density at radius 3 is 2.65 bits per heavy atom. The third kappa shape index (κ3) is 3.43. The zero-order valence-electron chi connectivity index (χ0n) is 12.8. The Morgan fingerprint density at radius 2 is 2.04 bits per heavy atom. The molecule has 1 saturated heterocycles. The van der Waals surface area contributed by atoms with Gasteiger partial charge in [-0.3, -0.25) is 14.5 Å². The summed E-state index contributed by atoms with van der Waals surface area (Å²) in [6.07, 6.45) is 0.768. The van der Waals surface area contributed by atoms with Crippen molar-refractivity contribution in [1.82, 2.24) is 15.5 Å². The van der Waals surface area contributed by atoms with Crippen molar-refractivity contribution < 1.29 is 14.4 Å². The second-order valence-electron chi connectivity index (χ2n) is 5.42. The van der Waals surface area contributed by atoms with Crippen LogP contribution in [0.2, 0.25) is 10.0 Å². The largest absolute Gasteiger partial charge is 0.355 e. The van der Waals surface area contributed by atoms with Gasteiger partial charge in [0, 0.05) is 22.2 Å². The highest BCUT2D eigenvalue weighted by atomic mass is 35.5. The molecule has 4 amide bonds. The van der Waals surface area contributed by atoms with E-state index in [9.17, 15) is 14.4 Å². The molecular weight excluding hydrogens is 341 g/mol. The summed E-state index contributed by atoms with van der Waals surface area (Å²) in [6.45, 7) is 3.62. The van der Waals surface area contributed by atoms with E-state index in [4.69, 9.17) is 23.2 Å². The highest BCUT2D eigenvalue weighted by Crippen LogP contribution is 2.34. The smallest absolute Gasteiger partial charge is 0.325 e. The van der Waals surface area contributed by atoms with Crippen LogP contribution in [-0.4, -0.2) is 35.8 Å². The Balaban J connectivity index is 2.24. The molecule has 0 unspecified atom stereocenters. The molecule has 0 aromatic heterocycles. The monoisotopic (exact) mass is 357 g/mol. The quantitative estimate of drug-likeness (QED) is 0.793. The topological polar surface area (TPSA) is 78.5 Å². The molecule has 6 nitrogen and oxygen atoms in total. The molecule has 0 spiro atoms. The number of urea groups is 1. The lowest BCUT2D eigenvalue weighted by Crippen LogP contribution is -2.43. The van der Waals surface area contributed by atoms with Gasteiger partial charge in [-0.2, -0.15) is 0 Å². The molecule has 1 atom stereocenters. The van der Waals surface area contributed by atoms with E-state index in [1.165, 1.54) is 6.07 Å². The van der Waals surface area contributed by atoms with Crippen LogP contribution in [0.15, 0.2) is 18.2 Å². The highest BCUT2D eigenvalue weighted by Gasteiger charge is 2.50. The lowest BCUT2D eigenvalue weighted by Gasteiger charge is -2.23. The number of rotatable bonds is 5. The van der Waals surface area contributed by atoms with Crippen molar-refractivity contribution in [2.45, 2.75) is 25.8 Å². The van der Waals surface area contributed by atoms with E-state index in [1.54, 1.807) is 19.1 Å². The first kappa shape index (κ1) is 17.6. The summed E-state index contributed by atoms with van der Waals surface area (Å²) in [5, 5.41) is 5.92.